The van der Waals surface area contributed by atoms with Crippen LogP contribution in [0.15, 0.2) is 36.4 Å². The number of nitrogens with zero attached hydrogens (tertiary/aromatic N) is 2. The number of amides is 2. The van der Waals surface area contributed by atoms with E-state index in [4.69, 9.17) is 46.4 Å². The number of hydrogen-bond donors (Lipinski definition) is 1. The lowest BCUT2D eigenvalue weighted by Crippen LogP contribution is -2.52. The number of benzene rings is 2. The van der Waals surface area contributed by atoms with Gasteiger partial charge in [0, 0.05) is 33.2 Å². The van der Waals surface area contributed by atoms with Crippen molar-refractivity contribution in [3.05, 3.63) is 62.1 Å². The maximum Gasteiger partial charge on any atom is 0.244 e. The molecule has 0 bridgehead atoms. The third-order valence-corrected chi connectivity index (χ3v) is 7.80. The molecular weight excluding hydrogens is 556 g/mol. The van der Waals surface area contributed by atoms with Crippen LogP contribution in [0, 0.1) is 0 Å². The summed E-state index contributed by atoms with van der Waals surface area (Å²) in [6, 6.07) is 8.10. The van der Waals surface area contributed by atoms with Crippen molar-refractivity contribution in [1.29, 1.82) is 0 Å². The number of sulfonamides is 1. The molecule has 192 valence electrons. The highest BCUT2D eigenvalue weighted by atomic mass is 35.5. The molecule has 0 heterocycles. The van der Waals surface area contributed by atoms with E-state index >= 15 is 0 Å². The van der Waals surface area contributed by atoms with E-state index in [0.29, 0.717) is 22.0 Å². The van der Waals surface area contributed by atoms with Gasteiger partial charge in [-0.3, -0.25) is 13.9 Å². The number of hydrogen-bond acceptors (Lipinski definition) is 4. The Balaban J connectivity index is 2.49. The van der Waals surface area contributed by atoms with E-state index in [1.807, 2.05) is 13.8 Å². The SMILES string of the molecule is CC[C@H](C)NC(=O)[C@@H](C)N(Cc1c(Cl)cccc1Cl)C(=O)CN(c1cc(Cl)ccc1Cl)S(C)(=O)=O. The summed E-state index contributed by atoms with van der Waals surface area (Å²) in [5.74, 6) is -1.06. The van der Waals surface area contributed by atoms with Crippen LogP contribution in [0.1, 0.15) is 32.8 Å². The van der Waals surface area contributed by atoms with Crippen LogP contribution in [0.5, 0.6) is 0 Å². The molecular formula is C23H27Cl4N3O4S. The van der Waals surface area contributed by atoms with Crippen LogP contribution in [0.25, 0.3) is 0 Å². The fourth-order valence-corrected chi connectivity index (χ4v) is 4.98. The second kappa shape index (κ2) is 12.5. The van der Waals surface area contributed by atoms with Crippen LogP contribution in [-0.2, 0) is 26.2 Å². The lowest BCUT2D eigenvalue weighted by molar-refractivity contribution is -0.139. The number of nitrogens with one attached hydrogen (secondary N) is 1. The first kappa shape index (κ1) is 29.5. The summed E-state index contributed by atoms with van der Waals surface area (Å²) < 4.78 is 26.1. The van der Waals surface area contributed by atoms with Crippen molar-refractivity contribution >= 4 is 73.9 Å². The molecule has 2 aromatic rings. The molecule has 7 nitrogen and oxygen atoms in total. The van der Waals surface area contributed by atoms with Crippen LogP contribution in [0.2, 0.25) is 20.1 Å². The van der Waals surface area contributed by atoms with Gasteiger partial charge in [-0.25, -0.2) is 8.42 Å². The molecule has 0 radical (unpaired) electrons. The molecule has 2 aromatic carbocycles. The van der Waals surface area contributed by atoms with Crippen molar-refractivity contribution in [2.75, 3.05) is 17.1 Å². The zero-order chi connectivity index (χ0) is 26.5. The van der Waals surface area contributed by atoms with Crippen molar-refractivity contribution in [3.8, 4) is 0 Å². The largest absolute Gasteiger partial charge is 0.352 e. The predicted octanol–water partition coefficient (Wildman–Crippen LogP) is 5.40. The third-order valence-electron chi connectivity index (χ3n) is 5.41. The number of carbonyl (C=O) groups is 2. The molecule has 35 heavy (non-hydrogen) atoms. The van der Waals surface area contributed by atoms with Crippen molar-refractivity contribution in [2.45, 2.75) is 45.8 Å². The maximum atomic E-state index is 13.6. The number of halogens is 4. The fraction of sp³-hybridized carbons (Fsp3) is 0.391. The molecule has 0 aromatic heterocycles. The van der Waals surface area contributed by atoms with Crippen molar-refractivity contribution in [2.24, 2.45) is 0 Å². The number of carbonyl (C=O) groups excluding carboxylic acids is 2. The highest BCUT2D eigenvalue weighted by molar-refractivity contribution is 7.92. The minimum atomic E-state index is -3.95. The molecule has 0 fully saturated rings. The molecule has 0 aliphatic carbocycles. The predicted molar refractivity (Wildman–Crippen MR) is 143 cm³/mol. The maximum absolute atomic E-state index is 13.6. The van der Waals surface area contributed by atoms with Crippen molar-refractivity contribution < 1.29 is 18.0 Å². The van der Waals surface area contributed by atoms with E-state index in [2.05, 4.69) is 5.32 Å². The average Bonchev–Trinajstić information content (AvgIpc) is 2.77. The van der Waals surface area contributed by atoms with E-state index in [1.165, 1.54) is 23.1 Å². The molecule has 12 heteroatoms. The quantitative estimate of drug-likeness (QED) is 0.406. The summed E-state index contributed by atoms with van der Waals surface area (Å²) in [4.78, 5) is 27.7. The van der Waals surface area contributed by atoms with Gasteiger partial charge >= 0.3 is 0 Å². The molecule has 0 aliphatic rings. The van der Waals surface area contributed by atoms with E-state index in [1.54, 1.807) is 25.1 Å². The van der Waals surface area contributed by atoms with Crippen LogP contribution in [0.3, 0.4) is 0 Å². The van der Waals surface area contributed by atoms with Crippen LogP contribution in [0.4, 0.5) is 5.69 Å². The molecule has 0 unspecified atom stereocenters. The van der Waals surface area contributed by atoms with E-state index in [9.17, 15) is 18.0 Å². The Morgan fingerprint density at radius 3 is 2.14 bits per heavy atom. The van der Waals surface area contributed by atoms with Gasteiger partial charge in [-0.2, -0.15) is 0 Å². The fourth-order valence-electron chi connectivity index (χ4n) is 3.17. The molecule has 0 spiro atoms. The third kappa shape index (κ3) is 7.89. The summed E-state index contributed by atoms with van der Waals surface area (Å²) in [6.07, 6.45) is 1.64. The highest BCUT2D eigenvalue weighted by Gasteiger charge is 2.32. The topological polar surface area (TPSA) is 86.8 Å². The van der Waals surface area contributed by atoms with Gasteiger partial charge in [0.2, 0.25) is 21.8 Å². The van der Waals surface area contributed by atoms with Crippen LogP contribution >= 0.6 is 46.4 Å². The second-order valence-corrected chi connectivity index (χ2v) is 11.6. The minimum absolute atomic E-state index is 0.0439. The van der Waals surface area contributed by atoms with E-state index < -0.39 is 34.4 Å². The van der Waals surface area contributed by atoms with Crippen LogP contribution < -0.4 is 9.62 Å². The Kier molecular flexibility index (Phi) is 10.5. The Labute approximate surface area is 226 Å². The zero-order valence-electron chi connectivity index (χ0n) is 19.7. The molecule has 2 amide bonds. The molecule has 1 N–H and O–H groups in total. The standard InChI is InChI=1S/C23H27Cl4N3O4S/c1-5-14(2)28-23(32)15(3)29(12-17-18(25)7-6-8-19(17)26)22(31)13-30(35(4,33)34)21-11-16(24)9-10-20(21)27/h6-11,14-15H,5,12-13H2,1-4H3,(H,28,32)/t14-,15+/m0/s1. The molecule has 0 aliphatic heterocycles. The highest BCUT2D eigenvalue weighted by Crippen LogP contribution is 2.31. The molecule has 2 atom stereocenters. The van der Waals surface area contributed by atoms with Gasteiger partial charge in [-0.05, 0) is 50.6 Å². The normalized spacial score (nSPS) is 13.1. The number of anilines is 1. The Bertz CT molecular complexity index is 1170. The van der Waals surface area contributed by atoms with Gasteiger partial charge in [-0.15, -0.1) is 0 Å². The monoisotopic (exact) mass is 581 g/mol. The summed E-state index contributed by atoms with van der Waals surface area (Å²) >= 11 is 24.9. The van der Waals surface area contributed by atoms with Gasteiger partial charge in [0.15, 0.2) is 0 Å². The summed E-state index contributed by atoms with van der Waals surface area (Å²) in [5, 5.41) is 3.79. The Morgan fingerprint density at radius 2 is 1.60 bits per heavy atom. The first-order valence-electron chi connectivity index (χ1n) is 10.7. The van der Waals surface area contributed by atoms with Gasteiger partial charge in [0.25, 0.3) is 0 Å². The van der Waals surface area contributed by atoms with Gasteiger partial charge in [0.1, 0.15) is 12.6 Å². The van der Waals surface area contributed by atoms with Gasteiger partial charge in [0.05, 0.1) is 17.0 Å². The molecule has 0 saturated carbocycles. The number of rotatable bonds is 10. The van der Waals surface area contributed by atoms with Crippen LogP contribution in [-0.4, -0.2) is 50.0 Å². The van der Waals surface area contributed by atoms with Crippen molar-refractivity contribution in [3.63, 3.8) is 0 Å². The zero-order valence-corrected chi connectivity index (χ0v) is 23.5. The summed E-state index contributed by atoms with van der Waals surface area (Å²) in [6.45, 7) is 4.57. The summed E-state index contributed by atoms with van der Waals surface area (Å²) in [7, 11) is -3.95. The Hall–Kier alpha value is -1.71. The smallest absolute Gasteiger partial charge is 0.244 e. The molecule has 2 rings (SSSR count). The van der Waals surface area contributed by atoms with Crippen molar-refractivity contribution in [1.82, 2.24) is 10.2 Å². The lowest BCUT2D eigenvalue weighted by Gasteiger charge is -2.32. The van der Waals surface area contributed by atoms with Gasteiger partial charge < -0.3 is 10.2 Å². The van der Waals surface area contributed by atoms with E-state index in [-0.39, 0.29) is 28.3 Å². The first-order valence-corrected chi connectivity index (χ1v) is 14.1. The summed E-state index contributed by atoms with van der Waals surface area (Å²) in [5.41, 5.74) is 0.474. The minimum Gasteiger partial charge on any atom is -0.352 e. The lowest BCUT2D eigenvalue weighted by atomic mass is 10.1. The van der Waals surface area contributed by atoms with Gasteiger partial charge in [-0.1, -0.05) is 59.4 Å². The average molecular weight is 583 g/mol. The first-order chi connectivity index (χ1) is 16.3. The Morgan fingerprint density at radius 1 is 1.00 bits per heavy atom. The second-order valence-electron chi connectivity index (χ2n) is 8.08. The van der Waals surface area contributed by atoms with E-state index in [0.717, 1.165) is 10.6 Å². The molecule has 0 saturated heterocycles.